The lowest BCUT2D eigenvalue weighted by atomic mass is 9.88. The van der Waals surface area contributed by atoms with Crippen molar-refractivity contribution in [3.63, 3.8) is 0 Å². The second kappa shape index (κ2) is 9.03. The summed E-state index contributed by atoms with van der Waals surface area (Å²) in [7, 11) is 0. The van der Waals surface area contributed by atoms with Crippen LogP contribution in [0.1, 0.15) is 41.4 Å². The minimum atomic E-state index is -1.27. The Morgan fingerprint density at radius 2 is 1.94 bits per heavy atom. The second-order valence-electron chi connectivity index (χ2n) is 7.82. The number of anilines is 1. The molecule has 9 heteroatoms. The number of nitrogens with one attached hydrogen (secondary N) is 1. The molecule has 34 heavy (non-hydrogen) atoms. The number of aromatic nitrogens is 2. The van der Waals surface area contributed by atoms with Crippen LogP contribution >= 0.6 is 11.3 Å². The van der Waals surface area contributed by atoms with Gasteiger partial charge in [0.05, 0.1) is 21.6 Å². The molecule has 2 heterocycles. The molecular weight excluding hydrogens is 452 g/mol. The Balaban J connectivity index is 1.48. The Morgan fingerprint density at radius 3 is 2.74 bits per heavy atom. The molecule has 0 fully saturated rings. The summed E-state index contributed by atoms with van der Waals surface area (Å²) in [5.41, 5.74) is 8.05. The van der Waals surface area contributed by atoms with Crippen LogP contribution in [0.25, 0.3) is 21.5 Å². The standard InChI is InChI=1S/C25H20N4O4S/c1-14(30)33-21-12-11-18(26-23(21)24(31)32)16-10-9-15-5-4-7-19(17(15)13-16)28-29-25-27-20-6-2-3-8-22(20)34-25/h2-3,6,8-13H,4-5,7H2,1H3,(H,27,29)(H,31,32)/b28-19+. The number of carbonyl (C=O) groups is 2. The number of thiazole rings is 1. The van der Waals surface area contributed by atoms with Gasteiger partial charge in [-0.1, -0.05) is 35.6 Å². The number of fused-ring (bicyclic) bond motifs is 2. The first-order chi connectivity index (χ1) is 16.5. The number of esters is 1. The van der Waals surface area contributed by atoms with E-state index in [-0.39, 0.29) is 11.4 Å². The van der Waals surface area contributed by atoms with Gasteiger partial charge in [0.25, 0.3) is 0 Å². The number of aromatic carboxylic acids is 1. The third kappa shape index (κ3) is 4.38. The van der Waals surface area contributed by atoms with Crippen molar-refractivity contribution in [2.75, 3.05) is 5.43 Å². The Kier molecular flexibility index (Phi) is 5.77. The monoisotopic (exact) mass is 472 g/mol. The van der Waals surface area contributed by atoms with Gasteiger partial charge in [-0.2, -0.15) is 5.10 Å². The van der Waals surface area contributed by atoms with E-state index in [4.69, 9.17) is 4.74 Å². The van der Waals surface area contributed by atoms with Crippen LogP contribution in [0.15, 0.2) is 59.7 Å². The topological polar surface area (TPSA) is 114 Å². The van der Waals surface area contributed by atoms with E-state index in [1.807, 2.05) is 42.5 Å². The largest absolute Gasteiger partial charge is 0.476 e. The molecule has 4 aromatic rings. The molecule has 0 saturated heterocycles. The minimum Gasteiger partial charge on any atom is -0.476 e. The molecule has 2 aromatic heterocycles. The first-order valence-electron chi connectivity index (χ1n) is 10.7. The van der Waals surface area contributed by atoms with Crippen molar-refractivity contribution in [3.05, 3.63) is 71.4 Å². The van der Waals surface area contributed by atoms with Crippen LogP contribution < -0.4 is 10.2 Å². The van der Waals surface area contributed by atoms with Crippen LogP contribution in [0.2, 0.25) is 0 Å². The number of ether oxygens (including phenoxy) is 1. The minimum absolute atomic E-state index is 0.0796. The third-order valence-electron chi connectivity index (χ3n) is 5.47. The normalized spacial score (nSPS) is 14.1. The van der Waals surface area contributed by atoms with Crippen LogP contribution in [0.5, 0.6) is 5.75 Å². The fraction of sp³-hybridized carbons (Fsp3) is 0.160. The van der Waals surface area contributed by atoms with E-state index in [0.29, 0.717) is 5.69 Å². The number of hydrogen-bond acceptors (Lipinski definition) is 8. The molecule has 2 N–H and O–H groups in total. The van der Waals surface area contributed by atoms with Crippen molar-refractivity contribution >= 4 is 44.3 Å². The number of aryl methyl sites for hydroxylation is 1. The lowest BCUT2D eigenvalue weighted by Crippen LogP contribution is -2.14. The molecule has 0 saturated carbocycles. The molecule has 8 nitrogen and oxygen atoms in total. The third-order valence-corrected chi connectivity index (χ3v) is 6.41. The van der Waals surface area contributed by atoms with Crippen LogP contribution in [-0.2, 0) is 11.2 Å². The Labute approximate surface area is 199 Å². The maximum Gasteiger partial charge on any atom is 0.358 e. The van der Waals surface area contributed by atoms with Crippen molar-refractivity contribution in [2.24, 2.45) is 5.10 Å². The summed E-state index contributed by atoms with van der Waals surface area (Å²) in [6.07, 6.45) is 2.74. The van der Waals surface area contributed by atoms with Gasteiger partial charge in [-0.3, -0.25) is 10.2 Å². The number of benzene rings is 2. The van der Waals surface area contributed by atoms with E-state index >= 15 is 0 Å². The van der Waals surface area contributed by atoms with E-state index in [2.05, 4.69) is 20.5 Å². The first-order valence-corrected chi connectivity index (χ1v) is 11.5. The SMILES string of the molecule is CC(=O)Oc1ccc(-c2ccc3c(c2)/C(=N/Nc2nc4ccccc4s2)CCC3)nc1C(=O)O. The molecule has 0 spiro atoms. The van der Waals surface area contributed by atoms with Gasteiger partial charge in [0, 0.05) is 18.1 Å². The average Bonchev–Trinajstić information content (AvgIpc) is 3.25. The summed E-state index contributed by atoms with van der Waals surface area (Å²) in [5.74, 6) is -1.95. The van der Waals surface area contributed by atoms with Gasteiger partial charge in [0.1, 0.15) is 0 Å². The zero-order valence-corrected chi connectivity index (χ0v) is 19.1. The highest BCUT2D eigenvalue weighted by atomic mass is 32.1. The molecule has 1 aliphatic carbocycles. The number of rotatable bonds is 5. The van der Waals surface area contributed by atoms with Gasteiger partial charge < -0.3 is 9.84 Å². The number of pyridine rings is 1. The van der Waals surface area contributed by atoms with E-state index in [1.54, 1.807) is 17.4 Å². The lowest BCUT2D eigenvalue weighted by Gasteiger charge is -2.19. The molecule has 0 bridgehead atoms. The summed E-state index contributed by atoms with van der Waals surface area (Å²) in [5, 5.41) is 14.9. The van der Waals surface area contributed by atoms with Crippen molar-refractivity contribution in [3.8, 4) is 17.0 Å². The van der Waals surface area contributed by atoms with E-state index < -0.39 is 11.9 Å². The van der Waals surface area contributed by atoms with Crippen LogP contribution in [0, 0.1) is 0 Å². The van der Waals surface area contributed by atoms with Crippen molar-refractivity contribution < 1.29 is 19.4 Å². The van der Waals surface area contributed by atoms with Crippen LogP contribution in [0.3, 0.4) is 0 Å². The zero-order valence-electron chi connectivity index (χ0n) is 18.2. The maximum atomic E-state index is 11.7. The number of nitrogens with zero attached hydrogens (tertiary/aromatic N) is 3. The van der Waals surface area contributed by atoms with E-state index in [0.717, 1.165) is 51.4 Å². The molecule has 170 valence electrons. The molecular formula is C25H20N4O4S. The fourth-order valence-corrected chi connectivity index (χ4v) is 4.76. The number of carboxylic acids is 1. The predicted molar refractivity (Wildman–Crippen MR) is 131 cm³/mol. The van der Waals surface area contributed by atoms with Gasteiger partial charge >= 0.3 is 11.9 Å². The molecule has 0 unspecified atom stereocenters. The van der Waals surface area contributed by atoms with Crippen LogP contribution in [-0.4, -0.2) is 32.7 Å². The Morgan fingerprint density at radius 1 is 1.09 bits per heavy atom. The second-order valence-corrected chi connectivity index (χ2v) is 8.86. The van der Waals surface area contributed by atoms with Gasteiger partial charge in [0.15, 0.2) is 11.4 Å². The summed E-state index contributed by atoms with van der Waals surface area (Å²) >= 11 is 1.55. The maximum absolute atomic E-state index is 11.7. The van der Waals surface area contributed by atoms with Crippen molar-refractivity contribution in [1.29, 1.82) is 0 Å². The van der Waals surface area contributed by atoms with Crippen molar-refractivity contribution in [1.82, 2.24) is 9.97 Å². The number of carbonyl (C=O) groups excluding carboxylic acids is 1. The average molecular weight is 473 g/mol. The van der Waals surface area contributed by atoms with Gasteiger partial charge in [-0.15, -0.1) is 0 Å². The van der Waals surface area contributed by atoms with Crippen LogP contribution in [0.4, 0.5) is 5.13 Å². The molecule has 0 amide bonds. The summed E-state index contributed by atoms with van der Waals surface area (Å²) in [4.78, 5) is 31.8. The molecule has 2 aromatic carbocycles. The van der Waals surface area contributed by atoms with E-state index in [9.17, 15) is 14.7 Å². The molecule has 0 atom stereocenters. The number of hydrogen-bond donors (Lipinski definition) is 2. The van der Waals surface area contributed by atoms with Gasteiger partial charge in [-0.25, -0.2) is 14.8 Å². The zero-order chi connectivity index (χ0) is 23.7. The predicted octanol–water partition coefficient (Wildman–Crippen LogP) is 5.13. The highest BCUT2D eigenvalue weighted by Crippen LogP contribution is 2.30. The highest BCUT2D eigenvalue weighted by Gasteiger charge is 2.20. The number of para-hydroxylation sites is 1. The highest BCUT2D eigenvalue weighted by molar-refractivity contribution is 7.22. The quantitative estimate of drug-likeness (QED) is 0.306. The summed E-state index contributed by atoms with van der Waals surface area (Å²) in [6, 6.07) is 17.0. The van der Waals surface area contributed by atoms with E-state index in [1.165, 1.54) is 18.6 Å². The number of carboxylic acid groups (broad SMARTS) is 1. The summed E-state index contributed by atoms with van der Waals surface area (Å²) < 4.78 is 6.08. The van der Waals surface area contributed by atoms with Crippen molar-refractivity contribution in [2.45, 2.75) is 26.2 Å². The smallest absolute Gasteiger partial charge is 0.358 e. The van der Waals surface area contributed by atoms with Gasteiger partial charge in [0.2, 0.25) is 5.13 Å². The lowest BCUT2D eigenvalue weighted by molar-refractivity contribution is -0.131. The molecule has 0 aliphatic heterocycles. The summed E-state index contributed by atoms with van der Waals surface area (Å²) in [6.45, 7) is 1.21. The fourth-order valence-electron chi connectivity index (χ4n) is 3.95. The molecule has 1 aliphatic rings. The Bertz CT molecular complexity index is 1430. The molecule has 0 radical (unpaired) electrons. The molecule has 5 rings (SSSR count). The van der Waals surface area contributed by atoms with Gasteiger partial charge in [-0.05, 0) is 55.2 Å². The number of hydrazone groups is 1. The Hall–Kier alpha value is -4.11. The first kappa shape index (κ1) is 21.7.